The van der Waals surface area contributed by atoms with E-state index < -0.39 is 0 Å². The number of halogens is 1. The fourth-order valence-electron chi connectivity index (χ4n) is 2.77. The van der Waals surface area contributed by atoms with Crippen molar-refractivity contribution in [3.63, 3.8) is 0 Å². The molecule has 3 aromatic rings. The van der Waals surface area contributed by atoms with Gasteiger partial charge < -0.3 is 5.73 Å². The van der Waals surface area contributed by atoms with Crippen LogP contribution in [0.2, 0.25) is 5.02 Å². The molecule has 6 heteroatoms. The van der Waals surface area contributed by atoms with E-state index in [1.807, 2.05) is 22.9 Å². The van der Waals surface area contributed by atoms with E-state index >= 15 is 0 Å². The number of nitrogens with zero attached hydrogens (tertiary/aromatic N) is 4. The van der Waals surface area contributed by atoms with Gasteiger partial charge >= 0.3 is 0 Å². The topological polar surface area (TPSA) is 69.6 Å². The minimum absolute atomic E-state index is 0.469. The van der Waals surface area contributed by atoms with Crippen molar-refractivity contribution in [3.05, 3.63) is 46.9 Å². The maximum atomic E-state index is 6.06. The normalized spacial score (nSPS) is 14.6. The van der Waals surface area contributed by atoms with Crippen LogP contribution in [0.3, 0.4) is 0 Å². The molecule has 0 aliphatic heterocycles. The predicted octanol–water partition coefficient (Wildman–Crippen LogP) is 3.18. The summed E-state index contributed by atoms with van der Waals surface area (Å²) in [5.41, 5.74) is 9.08. The predicted molar refractivity (Wildman–Crippen MR) is 86.9 cm³/mol. The van der Waals surface area contributed by atoms with E-state index in [2.05, 4.69) is 16.0 Å². The summed E-state index contributed by atoms with van der Waals surface area (Å²) < 4.78 is 2.01. The Morgan fingerprint density at radius 3 is 2.86 bits per heavy atom. The van der Waals surface area contributed by atoms with Crippen molar-refractivity contribution in [1.82, 2.24) is 19.7 Å². The fourth-order valence-corrected chi connectivity index (χ4v) is 2.98. The van der Waals surface area contributed by atoms with Gasteiger partial charge in [0.15, 0.2) is 5.65 Å². The highest BCUT2D eigenvalue weighted by molar-refractivity contribution is 6.30. The van der Waals surface area contributed by atoms with Crippen LogP contribution in [0.15, 0.2) is 30.6 Å². The maximum Gasteiger partial charge on any atom is 0.163 e. The molecule has 1 aliphatic rings. The molecule has 2 N–H and O–H groups in total. The Morgan fingerprint density at radius 2 is 2.09 bits per heavy atom. The molecule has 0 atom stereocenters. The molecule has 1 aliphatic carbocycles. The standard InChI is InChI=1S/C16H16ClN5/c17-11-3-1-2-10(8-11)4-7-13-14-15(18)19-9-20-16(14)22(21-13)12-5-6-12/h1-3,8-9,12H,4-7H2,(H2,18,19,20). The molecule has 0 amide bonds. The van der Waals surface area contributed by atoms with E-state index in [9.17, 15) is 0 Å². The van der Waals surface area contributed by atoms with Crippen molar-refractivity contribution >= 4 is 28.5 Å². The average molecular weight is 314 g/mol. The largest absolute Gasteiger partial charge is 0.383 e. The minimum Gasteiger partial charge on any atom is -0.383 e. The summed E-state index contributed by atoms with van der Waals surface area (Å²) in [6.45, 7) is 0. The Kier molecular flexibility index (Phi) is 3.22. The summed E-state index contributed by atoms with van der Waals surface area (Å²) in [6, 6.07) is 8.38. The molecule has 1 aromatic carbocycles. The van der Waals surface area contributed by atoms with Crippen LogP contribution in [0, 0.1) is 0 Å². The lowest BCUT2D eigenvalue weighted by Crippen LogP contribution is -1.99. The van der Waals surface area contributed by atoms with E-state index in [4.69, 9.17) is 22.4 Å². The third-order valence-electron chi connectivity index (χ3n) is 4.02. The molecule has 2 heterocycles. The second-order valence-electron chi connectivity index (χ2n) is 5.71. The van der Waals surface area contributed by atoms with Gasteiger partial charge in [-0.1, -0.05) is 23.7 Å². The number of aryl methyl sites for hydroxylation is 2. The van der Waals surface area contributed by atoms with Crippen molar-refractivity contribution < 1.29 is 0 Å². The van der Waals surface area contributed by atoms with Gasteiger partial charge in [0, 0.05) is 5.02 Å². The fraction of sp³-hybridized carbons (Fsp3) is 0.312. The Hall–Kier alpha value is -2.14. The van der Waals surface area contributed by atoms with Gasteiger partial charge in [-0.05, 0) is 43.4 Å². The third-order valence-corrected chi connectivity index (χ3v) is 4.26. The molecule has 1 fully saturated rings. The van der Waals surface area contributed by atoms with Crippen molar-refractivity contribution in [2.45, 2.75) is 31.7 Å². The van der Waals surface area contributed by atoms with Crippen molar-refractivity contribution in [1.29, 1.82) is 0 Å². The van der Waals surface area contributed by atoms with Crippen LogP contribution < -0.4 is 5.73 Å². The zero-order valence-electron chi connectivity index (χ0n) is 12.0. The molecular formula is C16H16ClN5. The summed E-state index contributed by atoms with van der Waals surface area (Å²) in [7, 11) is 0. The number of nitrogens with two attached hydrogens (primary N) is 1. The van der Waals surface area contributed by atoms with Crippen LogP contribution in [-0.2, 0) is 12.8 Å². The third kappa shape index (κ3) is 2.41. The Balaban J connectivity index is 1.69. The first-order chi connectivity index (χ1) is 10.7. The van der Waals surface area contributed by atoms with Crippen LogP contribution in [0.25, 0.3) is 11.0 Å². The Labute approximate surface area is 133 Å². The molecule has 22 heavy (non-hydrogen) atoms. The highest BCUT2D eigenvalue weighted by Crippen LogP contribution is 2.37. The summed E-state index contributed by atoms with van der Waals surface area (Å²) in [5.74, 6) is 0.512. The first-order valence-electron chi connectivity index (χ1n) is 7.44. The number of hydrogen-bond acceptors (Lipinski definition) is 4. The van der Waals surface area contributed by atoms with Crippen molar-refractivity contribution in [2.24, 2.45) is 0 Å². The number of anilines is 1. The van der Waals surface area contributed by atoms with Gasteiger partial charge in [0.2, 0.25) is 0 Å². The lowest BCUT2D eigenvalue weighted by atomic mass is 10.1. The molecule has 112 valence electrons. The van der Waals surface area contributed by atoms with Crippen molar-refractivity contribution in [3.8, 4) is 0 Å². The number of fused-ring (bicyclic) bond motifs is 1. The molecule has 5 nitrogen and oxygen atoms in total. The van der Waals surface area contributed by atoms with Gasteiger partial charge in [0.05, 0.1) is 17.1 Å². The van der Waals surface area contributed by atoms with Crippen LogP contribution >= 0.6 is 11.6 Å². The smallest absolute Gasteiger partial charge is 0.163 e. The van der Waals surface area contributed by atoms with E-state index in [0.717, 1.165) is 47.4 Å². The second-order valence-corrected chi connectivity index (χ2v) is 6.15. The molecule has 2 aromatic heterocycles. The summed E-state index contributed by atoms with van der Waals surface area (Å²) in [4.78, 5) is 8.50. The monoisotopic (exact) mass is 313 g/mol. The highest BCUT2D eigenvalue weighted by atomic mass is 35.5. The van der Waals surface area contributed by atoms with Crippen LogP contribution in [-0.4, -0.2) is 19.7 Å². The van der Waals surface area contributed by atoms with E-state index in [-0.39, 0.29) is 0 Å². The van der Waals surface area contributed by atoms with E-state index in [1.165, 1.54) is 11.9 Å². The Morgan fingerprint density at radius 1 is 1.23 bits per heavy atom. The zero-order chi connectivity index (χ0) is 15.1. The van der Waals surface area contributed by atoms with Gasteiger partial charge in [0.1, 0.15) is 12.1 Å². The number of nitrogen functional groups attached to an aromatic ring is 1. The van der Waals surface area contributed by atoms with Crippen molar-refractivity contribution in [2.75, 3.05) is 5.73 Å². The average Bonchev–Trinajstić information content (AvgIpc) is 3.27. The first kappa shape index (κ1) is 13.5. The van der Waals surface area contributed by atoms with Gasteiger partial charge in [-0.25, -0.2) is 14.6 Å². The number of benzene rings is 1. The molecule has 1 saturated carbocycles. The zero-order valence-corrected chi connectivity index (χ0v) is 12.8. The maximum absolute atomic E-state index is 6.06. The molecular weight excluding hydrogens is 298 g/mol. The summed E-state index contributed by atoms with van der Waals surface area (Å²) in [5, 5.41) is 6.41. The quantitative estimate of drug-likeness (QED) is 0.803. The lowest BCUT2D eigenvalue weighted by molar-refractivity contribution is 0.643. The minimum atomic E-state index is 0.469. The molecule has 0 bridgehead atoms. The van der Waals surface area contributed by atoms with Crippen LogP contribution in [0.5, 0.6) is 0 Å². The SMILES string of the molecule is Nc1ncnc2c1c(CCc1cccc(Cl)c1)nn2C1CC1. The molecule has 0 saturated heterocycles. The lowest BCUT2D eigenvalue weighted by Gasteiger charge is -2.01. The van der Waals surface area contributed by atoms with E-state index in [0.29, 0.717) is 11.9 Å². The first-order valence-corrected chi connectivity index (χ1v) is 7.82. The molecule has 0 unspecified atom stereocenters. The van der Waals surface area contributed by atoms with Gasteiger partial charge in [-0.2, -0.15) is 5.10 Å². The number of hydrogen-bond donors (Lipinski definition) is 1. The highest BCUT2D eigenvalue weighted by Gasteiger charge is 2.28. The molecule has 0 spiro atoms. The number of aromatic nitrogens is 4. The molecule has 0 radical (unpaired) electrons. The summed E-state index contributed by atoms with van der Waals surface area (Å²) >= 11 is 6.04. The summed E-state index contributed by atoms with van der Waals surface area (Å²) in [6.07, 6.45) is 5.50. The van der Waals surface area contributed by atoms with Gasteiger partial charge in [-0.15, -0.1) is 0 Å². The van der Waals surface area contributed by atoms with Gasteiger partial charge in [-0.3, -0.25) is 0 Å². The molecule has 4 rings (SSSR count). The number of rotatable bonds is 4. The van der Waals surface area contributed by atoms with Gasteiger partial charge in [0.25, 0.3) is 0 Å². The van der Waals surface area contributed by atoms with Crippen LogP contribution in [0.4, 0.5) is 5.82 Å². The second kappa shape index (κ2) is 5.25. The van der Waals surface area contributed by atoms with Crippen LogP contribution in [0.1, 0.15) is 30.1 Å². The Bertz CT molecular complexity index is 838. The van der Waals surface area contributed by atoms with E-state index in [1.54, 1.807) is 0 Å².